The number of hydrogen-bond acceptors (Lipinski definition) is 3. The van der Waals surface area contributed by atoms with E-state index in [-0.39, 0.29) is 5.91 Å². The van der Waals surface area contributed by atoms with Gasteiger partial charge in [0.1, 0.15) is 12.4 Å². The van der Waals surface area contributed by atoms with Crippen molar-refractivity contribution >= 4 is 12.1 Å². The van der Waals surface area contributed by atoms with E-state index in [1.807, 2.05) is 37.3 Å². The molecule has 108 valence electrons. The Bertz CT molecular complexity index is 448. The van der Waals surface area contributed by atoms with Crippen molar-refractivity contribution in [2.45, 2.75) is 13.8 Å². The Kier molecular flexibility index (Phi) is 10.3. The topological polar surface area (TPSA) is 50.7 Å². The fourth-order valence-electron chi connectivity index (χ4n) is 0.993. The van der Waals surface area contributed by atoms with Crippen LogP contribution in [0.3, 0.4) is 0 Å². The van der Waals surface area contributed by atoms with Gasteiger partial charge in [0.2, 0.25) is 5.91 Å². The van der Waals surface area contributed by atoms with Crippen LogP contribution in [0.25, 0.3) is 0 Å². The van der Waals surface area contributed by atoms with Crippen molar-refractivity contribution in [2.24, 2.45) is 4.99 Å². The van der Waals surface area contributed by atoms with Gasteiger partial charge in [0.05, 0.1) is 0 Å². The maximum absolute atomic E-state index is 9.70. The third-order valence-corrected chi connectivity index (χ3v) is 2.10. The molecule has 0 unspecified atom stereocenters. The van der Waals surface area contributed by atoms with E-state index in [1.165, 1.54) is 12.5 Å². The van der Waals surface area contributed by atoms with Crippen LogP contribution in [0, 0.1) is 6.92 Å². The van der Waals surface area contributed by atoms with Crippen LogP contribution in [-0.2, 0) is 4.79 Å². The number of ether oxygens (including phenoxy) is 1. The zero-order valence-corrected chi connectivity index (χ0v) is 12.3. The summed E-state index contributed by atoms with van der Waals surface area (Å²) in [5.41, 5.74) is 1.23. The number of hydrogen-bond donors (Lipinski definition) is 1. The molecule has 0 fully saturated rings. The van der Waals surface area contributed by atoms with Crippen LogP contribution in [0.4, 0.5) is 0 Å². The second kappa shape index (κ2) is 11.7. The standard InChI is InChI=1S/C13H15NO.C3H7NO/c1-3-9-14-10-4-11-15-13-7-5-12(2)6-8-13;1-3(5)4-2/h3-10H,1,11H2,2H3;1-2H3,(H,4,5)/b10-4-,14-9?;. The molecule has 1 rings (SSSR count). The van der Waals surface area contributed by atoms with Crippen LogP contribution < -0.4 is 10.1 Å². The second-order valence-electron chi connectivity index (χ2n) is 3.85. The summed E-state index contributed by atoms with van der Waals surface area (Å²) < 4.78 is 5.45. The van der Waals surface area contributed by atoms with E-state index in [0.717, 1.165) is 5.75 Å². The maximum Gasteiger partial charge on any atom is 0.216 e. The monoisotopic (exact) mass is 274 g/mol. The minimum atomic E-state index is 0.00463. The fraction of sp³-hybridized carbons (Fsp3) is 0.250. The number of carbonyl (C=O) groups excluding carboxylic acids is 1. The molecule has 4 nitrogen and oxygen atoms in total. The molecule has 0 bridgehead atoms. The van der Waals surface area contributed by atoms with E-state index in [0.29, 0.717) is 6.61 Å². The van der Waals surface area contributed by atoms with E-state index in [4.69, 9.17) is 4.74 Å². The van der Waals surface area contributed by atoms with Gasteiger partial charge in [0.25, 0.3) is 0 Å². The molecule has 1 aromatic rings. The normalized spacial score (nSPS) is 9.95. The molecule has 0 aromatic heterocycles. The summed E-state index contributed by atoms with van der Waals surface area (Å²) in [5, 5.41) is 2.39. The summed E-state index contributed by atoms with van der Waals surface area (Å²) >= 11 is 0. The Labute approximate surface area is 120 Å². The molecule has 0 aliphatic rings. The third kappa shape index (κ3) is 10.8. The first-order valence-corrected chi connectivity index (χ1v) is 6.27. The summed E-state index contributed by atoms with van der Waals surface area (Å²) in [6, 6.07) is 7.95. The highest BCUT2D eigenvalue weighted by Gasteiger charge is 1.89. The summed E-state index contributed by atoms with van der Waals surface area (Å²) in [5.74, 6) is 0.878. The number of allylic oxidation sites excluding steroid dienone is 1. The Morgan fingerprint density at radius 1 is 1.40 bits per heavy atom. The number of benzene rings is 1. The van der Waals surface area contributed by atoms with E-state index in [2.05, 4.69) is 16.9 Å². The third-order valence-electron chi connectivity index (χ3n) is 2.10. The molecule has 1 amide bonds. The van der Waals surface area contributed by atoms with Crippen LogP contribution in [0.1, 0.15) is 12.5 Å². The van der Waals surface area contributed by atoms with Gasteiger partial charge in [-0.1, -0.05) is 30.4 Å². The van der Waals surface area contributed by atoms with Crippen molar-refractivity contribution in [3.8, 4) is 5.75 Å². The molecule has 1 aromatic carbocycles. The Morgan fingerprint density at radius 3 is 2.50 bits per heavy atom. The molecule has 0 aliphatic carbocycles. The minimum Gasteiger partial charge on any atom is -0.489 e. The van der Waals surface area contributed by atoms with Gasteiger partial charge in [0, 0.05) is 26.4 Å². The molecule has 0 aliphatic heterocycles. The van der Waals surface area contributed by atoms with Gasteiger partial charge in [-0.25, -0.2) is 0 Å². The highest BCUT2D eigenvalue weighted by Crippen LogP contribution is 2.10. The number of nitrogens with one attached hydrogen (secondary N) is 1. The first kappa shape index (κ1) is 17.6. The van der Waals surface area contributed by atoms with E-state index in [9.17, 15) is 4.79 Å². The molecular formula is C16H22N2O2. The first-order chi connectivity index (χ1) is 9.60. The lowest BCUT2D eigenvalue weighted by molar-refractivity contribution is -0.118. The van der Waals surface area contributed by atoms with Crippen LogP contribution in [0.5, 0.6) is 5.75 Å². The predicted octanol–water partition coefficient (Wildman–Crippen LogP) is 2.90. The van der Waals surface area contributed by atoms with Gasteiger partial charge in [0.15, 0.2) is 0 Å². The molecule has 0 spiro atoms. The molecule has 20 heavy (non-hydrogen) atoms. The van der Waals surface area contributed by atoms with E-state index in [1.54, 1.807) is 25.5 Å². The Morgan fingerprint density at radius 2 is 2.00 bits per heavy atom. The zero-order chi connectivity index (χ0) is 15.2. The summed E-state index contributed by atoms with van der Waals surface area (Å²) in [6.45, 7) is 7.57. The molecule has 0 saturated heterocycles. The molecule has 4 heteroatoms. The van der Waals surface area contributed by atoms with E-state index < -0.39 is 0 Å². The van der Waals surface area contributed by atoms with Gasteiger partial charge in [-0.15, -0.1) is 0 Å². The number of amides is 1. The van der Waals surface area contributed by atoms with Crippen molar-refractivity contribution in [1.29, 1.82) is 0 Å². The Hall–Kier alpha value is -2.36. The van der Waals surface area contributed by atoms with Gasteiger partial charge in [-0.3, -0.25) is 9.79 Å². The van der Waals surface area contributed by atoms with Gasteiger partial charge < -0.3 is 10.1 Å². The van der Waals surface area contributed by atoms with Gasteiger partial charge in [-0.2, -0.15) is 0 Å². The van der Waals surface area contributed by atoms with Gasteiger partial charge >= 0.3 is 0 Å². The first-order valence-electron chi connectivity index (χ1n) is 6.27. The lowest BCUT2D eigenvalue weighted by atomic mass is 10.2. The molecule has 0 atom stereocenters. The number of carbonyl (C=O) groups is 1. The molecule has 0 saturated carbocycles. The summed E-state index contributed by atoms with van der Waals surface area (Å²) in [7, 11) is 1.60. The summed E-state index contributed by atoms with van der Waals surface area (Å²) in [4.78, 5) is 13.6. The van der Waals surface area contributed by atoms with E-state index >= 15 is 0 Å². The van der Waals surface area contributed by atoms with Crippen molar-refractivity contribution in [3.63, 3.8) is 0 Å². The van der Waals surface area contributed by atoms with Crippen molar-refractivity contribution in [3.05, 3.63) is 54.8 Å². The molecule has 1 N–H and O–H groups in total. The largest absolute Gasteiger partial charge is 0.489 e. The van der Waals surface area contributed by atoms with Gasteiger partial charge in [-0.05, 0) is 25.1 Å². The summed E-state index contributed by atoms with van der Waals surface area (Å²) in [6.07, 6.45) is 6.79. The van der Waals surface area contributed by atoms with Crippen molar-refractivity contribution in [1.82, 2.24) is 5.32 Å². The van der Waals surface area contributed by atoms with Crippen molar-refractivity contribution in [2.75, 3.05) is 13.7 Å². The fourth-order valence-corrected chi connectivity index (χ4v) is 0.993. The molecule has 0 radical (unpaired) electrons. The Balaban J connectivity index is 0.000000621. The highest BCUT2D eigenvalue weighted by molar-refractivity contribution is 5.72. The van der Waals surface area contributed by atoms with Crippen molar-refractivity contribution < 1.29 is 9.53 Å². The maximum atomic E-state index is 9.70. The average Bonchev–Trinajstić information content (AvgIpc) is 2.45. The lowest BCUT2D eigenvalue weighted by Gasteiger charge is -2.02. The smallest absolute Gasteiger partial charge is 0.216 e. The molecule has 0 heterocycles. The number of rotatable bonds is 5. The average molecular weight is 274 g/mol. The number of aliphatic imine (C=N–C) groups is 1. The number of aryl methyl sites for hydroxylation is 1. The van der Waals surface area contributed by atoms with Crippen LogP contribution >= 0.6 is 0 Å². The lowest BCUT2D eigenvalue weighted by Crippen LogP contribution is -2.11. The number of nitrogens with zero attached hydrogens (tertiary/aromatic N) is 1. The van der Waals surface area contributed by atoms with Crippen LogP contribution in [0.2, 0.25) is 0 Å². The zero-order valence-electron chi connectivity index (χ0n) is 12.3. The molecular weight excluding hydrogens is 252 g/mol. The predicted molar refractivity (Wildman–Crippen MR) is 84.2 cm³/mol. The van der Waals surface area contributed by atoms with Crippen LogP contribution in [-0.4, -0.2) is 25.8 Å². The van der Waals surface area contributed by atoms with Crippen LogP contribution in [0.15, 0.2) is 54.2 Å². The SMILES string of the molecule is C=CC=N/C=C\COc1ccc(C)cc1.CNC(C)=O. The quantitative estimate of drug-likeness (QED) is 0.839. The highest BCUT2D eigenvalue weighted by atomic mass is 16.5. The second-order valence-corrected chi connectivity index (χ2v) is 3.85. The minimum absolute atomic E-state index is 0.00463.